The van der Waals surface area contributed by atoms with E-state index in [9.17, 15) is 23.1 Å². The van der Waals surface area contributed by atoms with Crippen LogP contribution < -0.4 is 11.1 Å². The summed E-state index contributed by atoms with van der Waals surface area (Å²) in [5, 5.41) is 23.2. The Morgan fingerprint density at radius 3 is 2.57 bits per heavy atom. The number of benzene rings is 3. The molecule has 5 aromatic rings. The number of carbonyl (C=O) groups excluding carboxylic acids is 1. The van der Waals surface area contributed by atoms with Gasteiger partial charge in [0.2, 0.25) is 5.89 Å². The average Bonchev–Trinajstić information content (AvgIpc) is 3.74. The lowest BCUT2D eigenvalue weighted by Gasteiger charge is -2.18. The molecule has 0 saturated carbocycles. The highest BCUT2D eigenvalue weighted by atomic mass is 19.4. The van der Waals surface area contributed by atoms with Crippen LogP contribution in [0, 0.1) is 5.82 Å². The van der Waals surface area contributed by atoms with Gasteiger partial charge in [-0.2, -0.15) is 18.3 Å². The van der Waals surface area contributed by atoms with Crippen molar-refractivity contribution < 1.29 is 31.9 Å². The fraction of sp³-hybridized carbons (Fsp3) is 0.200. The number of likely N-dealkylation sites (tertiary alicyclic amines) is 1. The Bertz CT molecular complexity index is 1840. The lowest BCUT2D eigenvalue weighted by Crippen LogP contribution is -2.21. The molecule has 0 aliphatic carbocycles. The molecule has 6 rings (SSSR count). The fourth-order valence-electron chi connectivity index (χ4n) is 5.11. The van der Waals surface area contributed by atoms with Gasteiger partial charge in [0, 0.05) is 31.3 Å². The Morgan fingerprint density at radius 2 is 1.86 bits per heavy atom. The molecular weight excluding hydrogens is 582 g/mol. The van der Waals surface area contributed by atoms with Crippen LogP contribution in [0.1, 0.15) is 28.2 Å². The van der Waals surface area contributed by atoms with Crippen molar-refractivity contribution in [2.24, 2.45) is 0 Å². The highest BCUT2D eigenvalue weighted by molar-refractivity contribution is 6.03. The number of nitrogen functional groups attached to an aromatic ring is 1. The maximum Gasteiger partial charge on any atom is 0.435 e. The fourth-order valence-corrected chi connectivity index (χ4v) is 5.11. The molecule has 0 spiro atoms. The molecule has 0 bridgehead atoms. The number of rotatable bonds is 7. The number of nitrogens with zero attached hydrogens (tertiary/aromatic N) is 5. The minimum atomic E-state index is -4.85. The second kappa shape index (κ2) is 11.5. The molecule has 0 unspecified atom stereocenters. The molecule has 1 aliphatic rings. The van der Waals surface area contributed by atoms with Crippen LogP contribution in [-0.2, 0) is 12.7 Å². The summed E-state index contributed by atoms with van der Waals surface area (Å²) in [6.45, 7) is 1.87. The van der Waals surface area contributed by atoms with Gasteiger partial charge in [0.25, 0.3) is 5.91 Å². The molecule has 1 atom stereocenters. The highest BCUT2D eigenvalue weighted by Crippen LogP contribution is 2.32. The van der Waals surface area contributed by atoms with Gasteiger partial charge < -0.3 is 20.6 Å². The molecule has 0 radical (unpaired) electrons. The van der Waals surface area contributed by atoms with E-state index < -0.39 is 29.3 Å². The molecule has 2 aromatic heterocycles. The number of aliphatic hydroxyl groups excluding tert-OH is 1. The van der Waals surface area contributed by atoms with E-state index in [1.54, 1.807) is 12.1 Å². The van der Waals surface area contributed by atoms with E-state index in [0.717, 1.165) is 22.4 Å². The van der Waals surface area contributed by atoms with Crippen molar-refractivity contribution in [3.8, 4) is 28.3 Å². The molecule has 14 heteroatoms. The summed E-state index contributed by atoms with van der Waals surface area (Å²) in [4.78, 5) is 15.4. The third-order valence-electron chi connectivity index (χ3n) is 7.20. The molecule has 226 valence electrons. The van der Waals surface area contributed by atoms with Gasteiger partial charge >= 0.3 is 12.2 Å². The topological polar surface area (TPSA) is 135 Å². The van der Waals surface area contributed by atoms with Crippen LogP contribution in [0.3, 0.4) is 0 Å². The van der Waals surface area contributed by atoms with Gasteiger partial charge in [-0.1, -0.05) is 41.5 Å². The monoisotopic (exact) mass is 607 g/mol. The maximum atomic E-state index is 15.4. The van der Waals surface area contributed by atoms with Crippen LogP contribution in [0.5, 0.6) is 0 Å². The lowest BCUT2D eigenvalue weighted by atomic mass is 9.99. The summed E-state index contributed by atoms with van der Waals surface area (Å²) >= 11 is 0. The quantitative estimate of drug-likeness (QED) is 0.216. The van der Waals surface area contributed by atoms with Crippen molar-refractivity contribution in [2.45, 2.75) is 25.2 Å². The number of halogens is 4. The Hall–Kier alpha value is -5.08. The van der Waals surface area contributed by atoms with E-state index in [2.05, 4.69) is 25.5 Å². The number of hydrogen-bond donors (Lipinski definition) is 3. The van der Waals surface area contributed by atoms with Crippen molar-refractivity contribution >= 4 is 17.6 Å². The first kappa shape index (κ1) is 29.0. The summed E-state index contributed by atoms with van der Waals surface area (Å²) in [6.07, 6.45) is -4.54. The van der Waals surface area contributed by atoms with E-state index in [4.69, 9.17) is 10.2 Å². The average molecular weight is 608 g/mol. The number of nitrogens with one attached hydrogen (secondary N) is 1. The third-order valence-corrected chi connectivity index (χ3v) is 7.20. The largest absolute Gasteiger partial charge is 0.435 e. The van der Waals surface area contributed by atoms with Crippen LogP contribution in [0.2, 0.25) is 0 Å². The zero-order valence-corrected chi connectivity index (χ0v) is 22.9. The molecule has 1 saturated heterocycles. The van der Waals surface area contributed by atoms with Crippen LogP contribution in [0.4, 0.5) is 29.3 Å². The number of carbonyl (C=O) groups is 1. The maximum absolute atomic E-state index is 15.4. The molecule has 10 nitrogen and oxygen atoms in total. The second-order valence-electron chi connectivity index (χ2n) is 10.3. The van der Waals surface area contributed by atoms with Gasteiger partial charge in [-0.15, -0.1) is 5.10 Å². The lowest BCUT2D eigenvalue weighted by molar-refractivity contribution is -0.141. The number of β-amino-alcohol motifs (C(OH)–C–C–N with tert-alkyl or cyclic N) is 1. The van der Waals surface area contributed by atoms with Crippen LogP contribution >= 0.6 is 0 Å². The number of hydrogen-bond acceptors (Lipinski definition) is 8. The van der Waals surface area contributed by atoms with E-state index in [1.807, 2.05) is 24.3 Å². The molecule has 1 fully saturated rings. The number of aliphatic hydroxyl groups is 1. The summed E-state index contributed by atoms with van der Waals surface area (Å²) < 4.78 is 62.3. The summed E-state index contributed by atoms with van der Waals surface area (Å²) in [7, 11) is 0. The van der Waals surface area contributed by atoms with Crippen molar-refractivity contribution in [1.29, 1.82) is 0 Å². The second-order valence-corrected chi connectivity index (χ2v) is 10.3. The standard InChI is InChI=1S/C30H25F4N7O3/c31-23-13-17(22-7-2-1-4-19(22)15-40-11-10-21(42)16-40)8-9-24(23)36-27(43)25-14-26(30(32,33)34)39-41(25)20-6-3-5-18(12-20)28-37-38-29(35)44-28/h1-9,12-14,21,42H,10-11,15-16H2,(H2,35,38)(H,36,43)/t21-/m0/s1. The predicted molar refractivity (Wildman–Crippen MR) is 152 cm³/mol. The number of alkyl halides is 3. The first-order valence-electron chi connectivity index (χ1n) is 13.5. The van der Waals surface area contributed by atoms with Gasteiger partial charge in [0.15, 0.2) is 5.69 Å². The van der Waals surface area contributed by atoms with Gasteiger partial charge in [-0.05, 0) is 53.4 Å². The number of aromatic nitrogens is 4. The van der Waals surface area contributed by atoms with E-state index >= 15 is 4.39 Å². The number of nitrogens with two attached hydrogens (primary N) is 1. The zero-order chi connectivity index (χ0) is 31.0. The minimum Gasteiger partial charge on any atom is -0.404 e. The summed E-state index contributed by atoms with van der Waals surface area (Å²) in [5.74, 6) is -1.78. The van der Waals surface area contributed by atoms with Gasteiger partial charge in [0.05, 0.1) is 17.5 Å². The Morgan fingerprint density at radius 1 is 1.05 bits per heavy atom. The Kier molecular flexibility index (Phi) is 7.61. The van der Waals surface area contributed by atoms with Crippen molar-refractivity contribution in [3.05, 3.63) is 95.6 Å². The van der Waals surface area contributed by atoms with Gasteiger partial charge in [-0.25, -0.2) is 9.07 Å². The SMILES string of the molecule is Nc1nnc(-c2cccc(-n3nc(C(F)(F)F)cc3C(=O)Nc3ccc(-c4ccccc4CN4CC[C@H](O)C4)cc3F)c2)o1. The smallest absolute Gasteiger partial charge is 0.404 e. The first-order valence-corrected chi connectivity index (χ1v) is 13.5. The Balaban J connectivity index is 1.28. The summed E-state index contributed by atoms with van der Waals surface area (Å²) in [5.41, 5.74) is 6.13. The molecule has 1 aliphatic heterocycles. The van der Waals surface area contributed by atoms with Crippen molar-refractivity contribution in [1.82, 2.24) is 24.9 Å². The molecular formula is C30H25F4N7O3. The zero-order valence-electron chi connectivity index (χ0n) is 22.9. The number of anilines is 2. The van der Waals surface area contributed by atoms with Crippen molar-refractivity contribution in [2.75, 3.05) is 24.1 Å². The van der Waals surface area contributed by atoms with Gasteiger partial charge in [-0.3, -0.25) is 9.69 Å². The van der Waals surface area contributed by atoms with Crippen LogP contribution in [-0.4, -0.2) is 55.1 Å². The molecule has 44 heavy (non-hydrogen) atoms. The molecule has 3 heterocycles. The van der Waals surface area contributed by atoms with Crippen LogP contribution in [0.25, 0.3) is 28.3 Å². The van der Waals surface area contributed by atoms with Crippen molar-refractivity contribution in [3.63, 3.8) is 0 Å². The molecule has 1 amide bonds. The number of amides is 1. The van der Waals surface area contributed by atoms with E-state index in [1.165, 1.54) is 30.3 Å². The molecule has 3 aromatic carbocycles. The molecule has 4 N–H and O–H groups in total. The normalized spacial score (nSPS) is 15.5. The van der Waals surface area contributed by atoms with E-state index in [-0.39, 0.29) is 29.4 Å². The van der Waals surface area contributed by atoms with Crippen LogP contribution in [0.15, 0.2) is 77.2 Å². The van der Waals surface area contributed by atoms with E-state index in [0.29, 0.717) is 36.7 Å². The third kappa shape index (κ3) is 6.02. The summed E-state index contributed by atoms with van der Waals surface area (Å²) in [6, 6.07) is 18.0. The van der Waals surface area contributed by atoms with Gasteiger partial charge in [0.1, 0.15) is 11.5 Å². The highest BCUT2D eigenvalue weighted by Gasteiger charge is 2.36. The predicted octanol–water partition coefficient (Wildman–Crippen LogP) is 5.15. The Labute approximate surface area is 247 Å². The first-order chi connectivity index (χ1) is 21.0. The minimum absolute atomic E-state index is 0.0142.